The van der Waals surface area contributed by atoms with Crippen LogP contribution in [0.5, 0.6) is 0 Å². The van der Waals surface area contributed by atoms with Crippen LogP contribution in [0.15, 0.2) is 30.3 Å². The molecule has 1 rings (SSSR count). The molecule has 0 amide bonds. The molecular formula is C13H15FO4. The van der Waals surface area contributed by atoms with Crippen molar-refractivity contribution in [2.75, 3.05) is 13.2 Å². The van der Waals surface area contributed by atoms with Crippen molar-refractivity contribution >= 4 is 11.9 Å². The van der Waals surface area contributed by atoms with E-state index in [2.05, 4.69) is 9.47 Å². The Morgan fingerprint density at radius 3 is 1.89 bits per heavy atom. The van der Waals surface area contributed by atoms with Crippen LogP contribution in [0.2, 0.25) is 0 Å². The third-order valence-corrected chi connectivity index (χ3v) is 2.30. The van der Waals surface area contributed by atoms with Crippen LogP contribution in [0, 0.1) is 0 Å². The minimum absolute atomic E-state index is 0.299. The Kier molecular flexibility index (Phi) is 4.83. The highest BCUT2D eigenvalue weighted by Gasteiger charge is 2.35. The summed E-state index contributed by atoms with van der Waals surface area (Å²) in [6, 6.07) is 8.15. The number of ether oxygens (including phenoxy) is 2. The van der Waals surface area contributed by atoms with Crippen molar-refractivity contribution in [1.82, 2.24) is 0 Å². The fourth-order valence-corrected chi connectivity index (χ4v) is 1.38. The molecule has 18 heavy (non-hydrogen) atoms. The Balaban J connectivity index is 2.86. The lowest BCUT2D eigenvalue weighted by molar-refractivity contribution is -0.153. The molecule has 0 aromatic heterocycles. The molecule has 0 bridgehead atoms. The number of benzene rings is 1. The van der Waals surface area contributed by atoms with Gasteiger partial charge in [0.05, 0.1) is 0 Å². The number of halogens is 1. The van der Waals surface area contributed by atoms with E-state index in [1.165, 1.54) is 13.8 Å². The van der Waals surface area contributed by atoms with Gasteiger partial charge in [-0.2, -0.15) is 0 Å². The van der Waals surface area contributed by atoms with Crippen LogP contribution in [0.25, 0.3) is 0 Å². The van der Waals surface area contributed by atoms with Gasteiger partial charge >= 0.3 is 11.9 Å². The maximum atomic E-state index is 14.7. The summed E-state index contributed by atoms with van der Waals surface area (Å²) in [6.45, 7) is 1.41. The van der Waals surface area contributed by atoms with E-state index in [0.717, 1.165) is 0 Å². The van der Waals surface area contributed by atoms with Gasteiger partial charge in [-0.3, -0.25) is 9.59 Å². The molecule has 0 N–H and O–H groups in total. The average molecular weight is 254 g/mol. The summed E-state index contributed by atoms with van der Waals surface area (Å²) in [5, 5.41) is 0. The second-order valence-electron chi connectivity index (χ2n) is 3.89. The molecule has 1 aromatic carbocycles. The Hall–Kier alpha value is -1.91. The highest BCUT2D eigenvalue weighted by molar-refractivity contribution is 5.66. The normalized spacial score (nSPS) is 10.8. The first-order valence-corrected chi connectivity index (χ1v) is 5.45. The first-order chi connectivity index (χ1) is 8.44. The number of alkyl halides is 1. The number of hydrogen-bond donors (Lipinski definition) is 0. The summed E-state index contributed by atoms with van der Waals surface area (Å²) in [5.74, 6) is -1.17. The summed E-state index contributed by atoms with van der Waals surface area (Å²) in [4.78, 5) is 21.5. The van der Waals surface area contributed by atoms with Crippen molar-refractivity contribution in [3.05, 3.63) is 35.9 Å². The number of rotatable bonds is 5. The van der Waals surface area contributed by atoms with Crippen LogP contribution in [-0.4, -0.2) is 25.2 Å². The molecule has 0 aliphatic carbocycles. The van der Waals surface area contributed by atoms with Gasteiger partial charge in [0.25, 0.3) is 0 Å². The molecule has 5 heteroatoms. The second-order valence-corrected chi connectivity index (χ2v) is 3.89. The molecule has 0 heterocycles. The fraction of sp³-hybridized carbons (Fsp3) is 0.385. The van der Waals surface area contributed by atoms with Crippen LogP contribution >= 0.6 is 0 Å². The Morgan fingerprint density at radius 2 is 1.50 bits per heavy atom. The number of hydrogen-bond acceptors (Lipinski definition) is 4. The van der Waals surface area contributed by atoms with Crippen molar-refractivity contribution in [3.8, 4) is 0 Å². The van der Waals surface area contributed by atoms with Crippen molar-refractivity contribution < 1.29 is 23.5 Å². The van der Waals surface area contributed by atoms with Crippen molar-refractivity contribution in [2.45, 2.75) is 19.5 Å². The maximum absolute atomic E-state index is 14.7. The molecule has 0 saturated carbocycles. The van der Waals surface area contributed by atoms with E-state index in [1.54, 1.807) is 30.3 Å². The fourth-order valence-electron chi connectivity index (χ4n) is 1.38. The van der Waals surface area contributed by atoms with Gasteiger partial charge in [-0.05, 0) is 5.56 Å². The monoisotopic (exact) mass is 254 g/mol. The SMILES string of the molecule is CC(=O)OCC(F)(COC(C)=O)c1ccccc1. The van der Waals surface area contributed by atoms with Crippen LogP contribution in [-0.2, 0) is 24.7 Å². The highest BCUT2D eigenvalue weighted by Crippen LogP contribution is 2.27. The number of carbonyl (C=O) groups is 2. The van der Waals surface area contributed by atoms with E-state index in [9.17, 15) is 14.0 Å². The first kappa shape index (κ1) is 14.2. The third-order valence-electron chi connectivity index (χ3n) is 2.30. The van der Waals surface area contributed by atoms with Crippen molar-refractivity contribution in [3.63, 3.8) is 0 Å². The van der Waals surface area contributed by atoms with Crippen LogP contribution in [0.1, 0.15) is 19.4 Å². The molecule has 0 saturated heterocycles. The molecule has 0 atom stereocenters. The molecule has 0 aliphatic heterocycles. The van der Waals surface area contributed by atoms with Crippen molar-refractivity contribution in [2.24, 2.45) is 0 Å². The minimum Gasteiger partial charge on any atom is -0.462 e. The van der Waals surface area contributed by atoms with Crippen LogP contribution in [0.4, 0.5) is 4.39 Å². The third kappa shape index (κ3) is 4.16. The highest BCUT2D eigenvalue weighted by atomic mass is 19.1. The van der Waals surface area contributed by atoms with E-state index in [-0.39, 0.29) is 0 Å². The van der Waals surface area contributed by atoms with Gasteiger partial charge in [-0.25, -0.2) is 4.39 Å². The van der Waals surface area contributed by atoms with E-state index in [0.29, 0.717) is 5.56 Å². The molecule has 0 spiro atoms. The van der Waals surface area contributed by atoms with Gasteiger partial charge in [-0.15, -0.1) is 0 Å². The summed E-state index contributed by atoms with van der Waals surface area (Å²) in [6.07, 6.45) is 0. The van der Waals surface area contributed by atoms with Crippen LogP contribution < -0.4 is 0 Å². The Morgan fingerprint density at radius 1 is 1.06 bits per heavy atom. The summed E-state index contributed by atoms with van der Waals surface area (Å²) < 4.78 is 24.1. The van der Waals surface area contributed by atoms with Gasteiger partial charge in [-0.1, -0.05) is 30.3 Å². The molecular weight excluding hydrogens is 239 g/mol. The number of carbonyl (C=O) groups excluding carboxylic acids is 2. The Labute approximate surface area is 105 Å². The van der Waals surface area contributed by atoms with Crippen molar-refractivity contribution in [1.29, 1.82) is 0 Å². The predicted octanol–water partition coefficient (Wildman–Crippen LogP) is 1.98. The summed E-state index contributed by atoms with van der Waals surface area (Å²) in [5.41, 5.74) is -1.73. The predicted molar refractivity (Wildman–Crippen MR) is 62.5 cm³/mol. The van der Waals surface area contributed by atoms with E-state index >= 15 is 0 Å². The molecule has 0 aliphatic rings. The number of esters is 2. The van der Waals surface area contributed by atoms with E-state index in [4.69, 9.17) is 0 Å². The standard InChI is InChI=1S/C13H15FO4/c1-10(15)17-8-13(14,9-18-11(2)16)12-6-4-3-5-7-12/h3-7H,8-9H2,1-2H3. The van der Waals surface area contributed by atoms with Crippen LogP contribution in [0.3, 0.4) is 0 Å². The largest absolute Gasteiger partial charge is 0.462 e. The van der Waals surface area contributed by atoms with Gasteiger partial charge in [0.2, 0.25) is 5.67 Å². The lowest BCUT2D eigenvalue weighted by atomic mass is 9.97. The molecule has 4 nitrogen and oxygen atoms in total. The van der Waals surface area contributed by atoms with Gasteiger partial charge < -0.3 is 9.47 Å². The van der Waals surface area contributed by atoms with E-state index in [1.807, 2.05) is 0 Å². The Bertz CT molecular complexity index is 398. The average Bonchev–Trinajstić information content (AvgIpc) is 2.35. The molecule has 0 unspecified atom stereocenters. The van der Waals surface area contributed by atoms with Gasteiger partial charge in [0.1, 0.15) is 13.2 Å². The minimum atomic E-state index is -2.03. The summed E-state index contributed by atoms with van der Waals surface area (Å²) >= 11 is 0. The zero-order chi connectivity index (χ0) is 13.6. The quantitative estimate of drug-likeness (QED) is 0.754. The summed E-state index contributed by atoms with van der Waals surface area (Å²) in [7, 11) is 0. The molecule has 98 valence electrons. The molecule has 1 aromatic rings. The smallest absolute Gasteiger partial charge is 0.302 e. The van der Waals surface area contributed by atoms with Gasteiger partial charge in [0.15, 0.2) is 0 Å². The second kappa shape index (κ2) is 6.14. The van der Waals surface area contributed by atoms with Gasteiger partial charge in [0, 0.05) is 13.8 Å². The maximum Gasteiger partial charge on any atom is 0.302 e. The molecule has 0 fully saturated rings. The zero-order valence-electron chi connectivity index (χ0n) is 10.3. The molecule has 0 radical (unpaired) electrons. The first-order valence-electron chi connectivity index (χ1n) is 5.45. The lowest BCUT2D eigenvalue weighted by Gasteiger charge is -2.24. The lowest BCUT2D eigenvalue weighted by Crippen LogP contribution is -2.34. The van der Waals surface area contributed by atoms with E-state index < -0.39 is 30.8 Å². The zero-order valence-corrected chi connectivity index (χ0v) is 10.3. The topological polar surface area (TPSA) is 52.6 Å².